The van der Waals surface area contributed by atoms with Crippen LogP contribution in [0.5, 0.6) is 0 Å². The lowest BCUT2D eigenvalue weighted by molar-refractivity contribution is -0.117. The van der Waals surface area contributed by atoms with Crippen molar-refractivity contribution in [2.75, 3.05) is 0 Å². The Morgan fingerprint density at radius 2 is 2.44 bits per heavy atom. The van der Waals surface area contributed by atoms with E-state index in [4.69, 9.17) is 11.6 Å². The summed E-state index contributed by atoms with van der Waals surface area (Å²) in [5.41, 5.74) is 1.01. The van der Waals surface area contributed by atoms with Crippen LogP contribution in [0.15, 0.2) is 31.0 Å². The molecule has 1 aliphatic carbocycles. The molecule has 1 amide bonds. The summed E-state index contributed by atoms with van der Waals surface area (Å²) in [5.74, 6) is 0.368. The lowest BCUT2D eigenvalue weighted by atomic mass is 10.0. The fraction of sp³-hybridized carbons (Fsp3) is 0.333. The van der Waals surface area contributed by atoms with Gasteiger partial charge in [-0.3, -0.25) is 4.79 Å². The highest BCUT2D eigenvalue weighted by Crippen LogP contribution is 2.41. The molecule has 0 bridgehead atoms. The number of nitrogens with zero attached hydrogens (tertiary/aromatic N) is 1. The number of carbonyl (C=O) groups is 1. The molecule has 0 saturated heterocycles. The number of aromatic nitrogens is 1. The van der Waals surface area contributed by atoms with Gasteiger partial charge in [0.05, 0.1) is 6.04 Å². The van der Waals surface area contributed by atoms with Gasteiger partial charge < -0.3 is 5.32 Å². The third-order valence-electron chi connectivity index (χ3n) is 2.69. The Morgan fingerprint density at radius 1 is 1.69 bits per heavy atom. The molecule has 16 heavy (non-hydrogen) atoms. The minimum absolute atomic E-state index is 0.0333. The van der Waals surface area contributed by atoms with Gasteiger partial charge in [-0.1, -0.05) is 18.2 Å². The van der Waals surface area contributed by atoms with Gasteiger partial charge in [-0.15, -0.1) is 0 Å². The number of nitrogens with one attached hydrogen (secondary N) is 1. The molecule has 0 aromatic carbocycles. The van der Waals surface area contributed by atoms with Crippen LogP contribution in [0.3, 0.4) is 0 Å². The second kappa shape index (κ2) is 4.66. The SMILES string of the molecule is C=CC(=O)N[C@H](c1ccnc(Cl)c1)C1CC1. The molecule has 2 rings (SSSR count). The fourth-order valence-corrected chi connectivity index (χ4v) is 1.91. The molecule has 0 spiro atoms. The quantitative estimate of drug-likeness (QED) is 0.645. The molecule has 1 aromatic heterocycles. The van der Waals surface area contributed by atoms with Crippen LogP contribution in [0.25, 0.3) is 0 Å². The van der Waals surface area contributed by atoms with Crippen LogP contribution in [0.2, 0.25) is 5.15 Å². The number of rotatable bonds is 4. The lowest BCUT2D eigenvalue weighted by Crippen LogP contribution is -2.28. The third-order valence-corrected chi connectivity index (χ3v) is 2.89. The number of halogens is 1. The molecule has 1 atom stereocenters. The first kappa shape index (κ1) is 11.1. The number of carbonyl (C=O) groups excluding carboxylic acids is 1. The summed E-state index contributed by atoms with van der Waals surface area (Å²) < 4.78 is 0. The van der Waals surface area contributed by atoms with Crippen molar-refractivity contribution in [3.8, 4) is 0 Å². The molecule has 1 N–H and O–H groups in total. The van der Waals surface area contributed by atoms with Crippen molar-refractivity contribution >= 4 is 17.5 Å². The topological polar surface area (TPSA) is 42.0 Å². The minimum atomic E-state index is -0.148. The molecule has 0 radical (unpaired) electrons. The highest BCUT2D eigenvalue weighted by atomic mass is 35.5. The maximum atomic E-state index is 11.3. The van der Waals surface area contributed by atoms with E-state index in [9.17, 15) is 4.79 Å². The van der Waals surface area contributed by atoms with Crippen molar-refractivity contribution in [3.05, 3.63) is 41.7 Å². The van der Waals surface area contributed by atoms with Crippen LogP contribution in [0.4, 0.5) is 0 Å². The Morgan fingerprint density at radius 3 is 3.00 bits per heavy atom. The Hall–Kier alpha value is -1.35. The minimum Gasteiger partial charge on any atom is -0.345 e. The average molecular weight is 237 g/mol. The molecular weight excluding hydrogens is 224 g/mol. The second-order valence-electron chi connectivity index (χ2n) is 3.94. The number of amides is 1. The normalized spacial score (nSPS) is 16.6. The Kier molecular flexibility index (Phi) is 3.25. The van der Waals surface area contributed by atoms with E-state index in [0.29, 0.717) is 11.1 Å². The summed E-state index contributed by atoms with van der Waals surface area (Å²) in [4.78, 5) is 15.3. The van der Waals surface area contributed by atoms with E-state index in [1.807, 2.05) is 6.07 Å². The largest absolute Gasteiger partial charge is 0.345 e. The monoisotopic (exact) mass is 236 g/mol. The summed E-state index contributed by atoms with van der Waals surface area (Å²) in [6.45, 7) is 3.45. The number of hydrogen-bond acceptors (Lipinski definition) is 2. The Balaban J connectivity index is 2.18. The molecule has 1 aliphatic rings. The van der Waals surface area contributed by atoms with Gasteiger partial charge in [-0.25, -0.2) is 4.98 Å². The van der Waals surface area contributed by atoms with Crippen molar-refractivity contribution < 1.29 is 4.79 Å². The zero-order chi connectivity index (χ0) is 11.5. The van der Waals surface area contributed by atoms with Crippen molar-refractivity contribution in [1.29, 1.82) is 0 Å². The molecule has 84 valence electrons. The highest BCUT2D eigenvalue weighted by molar-refractivity contribution is 6.29. The van der Waals surface area contributed by atoms with Crippen molar-refractivity contribution in [2.24, 2.45) is 5.92 Å². The molecule has 3 nitrogen and oxygen atoms in total. The molecule has 0 unspecified atom stereocenters. The Labute approximate surface area is 99.5 Å². The van der Waals surface area contributed by atoms with Gasteiger partial charge in [0.15, 0.2) is 0 Å². The number of pyridine rings is 1. The van der Waals surface area contributed by atoms with Gasteiger partial charge in [-0.05, 0) is 42.5 Å². The van der Waals surface area contributed by atoms with Gasteiger partial charge in [0.2, 0.25) is 5.91 Å². The molecule has 1 fully saturated rings. The van der Waals surface area contributed by atoms with Crippen LogP contribution >= 0.6 is 11.6 Å². The van der Waals surface area contributed by atoms with Crippen molar-refractivity contribution in [3.63, 3.8) is 0 Å². The maximum Gasteiger partial charge on any atom is 0.243 e. The smallest absolute Gasteiger partial charge is 0.243 e. The van der Waals surface area contributed by atoms with E-state index in [-0.39, 0.29) is 11.9 Å². The molecular formula is C12H13ClN2O. The molecule has 1 saturated carbocycles. The lowest BCUT2D eigenvalue weighted by Gasteiger charge is -2.17. The maximum absolute atomic E-state index is 11.3. The van der Waals surface area contributed by atoms with Gasteiger partial charge >= 0.3 is 0 Å². The van der Waals surface area contributed by atoms with E-state index < -0.39 is 0 Å². The van der Waals surface area contributed by atoms with E-state index in [0.717, 1.165) is 18.4 Å². The van der Waals surface area contributed by atoms with E-state index >= 15 is 0 Å². The summed E-state index contributed by atoms with van der Waals surface area (Å²) in [7, 11) is 0. The zero-order valence-electron chi connectivity index (χ0n) is 8.82. The zero-order valence-corrected chi connectivity index (χ0v) is 9.57. The summed E-state index contributed by atoms with van der Waals surface area (Å²) >= 11 is 5.84. The molecule has 1 heterocycles. The van der Waals surface area contributed by atoms with Crippen LogP contribution < -0.4 is 5.32 Å². The van der Waals surface area contributed by atoms with Crippen LogP contribution in [-0.2, 0) is 4.79 Å². The third kappa shape index (κ3) is 2.61. The van der Waals surface area contributed by atoms with Gasteiger partial charge in [0.25, 0.3) is 0 Å². The molecule has 0 aliphatic heterocycles. The average Bonchev–Trinajstić information content (AvgIpc) is 3.09. The molecule has 1 aromatic rings. The number of hydrogen-bond donors (Lipinski definition) is 1. The fourth-order valence-electron chi connectivity index (χ4n) is 1.73. The summed E-state index contributed by atoms with van der Waals surface area (Å²) in [6.07, 6.45) is 5.23. The summed E-state index contributed by atoms with van der Waals surface area (Å²) in [5, 5.41) is 3.38. The van der Waals surface area contributed by atoms with Gasteiger partial charge in [-0.2, -0.15) is 0 Å². The van der Waals surface area contributed by atoms with Crippen molar-refractivity contribution in [1.82, 2.24) is 10.3 Å². The van der Waals surface area contributed by atoms with E-state index in [2.05, 4.69) is 16.9 Å². The second-order valence-corrected chi connectivity index (χ2v) is 4.33. The predicted octanol–water partition coefficient (Wildman–Crippen LogP) is 2.49. The van der Waals surface area contributed by atoms with Gasteiger partial charge in [0.1, 0.15) is 5.15 Å². The van der Waals surface area contributed by atoms with Crippen molar-refractivity contribution in [2.45, 2.75) is 18.9 Å². The van der Waals surface area contributed by atoms with Crippen LogP contribution in [0.1, 0.15) is 24.4 Å². The standard InChI is InChI=1S/C12H13ClN2O/c1-2-11(16)15-12(8-3-4-8)9-5-6-14-10(13)7-9/h2,5-8,12H,1,3-4H2,(H,15,16)/t12-/m0/s1. The predicted molar refractivity (Wildman–Crippen MR) is 63.1 cm³/mol. The molecule has 4 heteroatoms. The highest BCUT2D eigenvalue weighted by Gasteiger charge is 2.33. The first-order chi connectivity index (χ1) is 7.70. The first-order valence-corrected chi connectivity index (χ1v) is 5.63. The summed E-state index contributed by atoms with van der Waals surface area (Å²) in [6, 6.07) is 3.72. The Bertz CT molecular complexity index is 415. The van der Waals surface area contributed by atoms with Crippen LogP contribution in [-0.4, -0.2) is 10.9 Å². The van der Waals surface area contributed by atoms with E-state index in [1.54, 1.807) is 12.3 Å². The van der Waals surface area contributed by atoms with E-state index in [1.165, 1.54) is 6.08 Å². The van der Waals surface area contributed by atoms with Crippen LogP contribution in [0, 0.1) is 5.92 Å². The first-order valence-electron chi connectivity index (χ1n) is 5.25. The van der Waals surface area contributed by atoms with Gasteiger partial charge in [0, 0.05) is 6.20 Å².